The molecule has 12 rings (SSSR count). The Balaban J connectivity index is 1.12. The van der Waals surface area contributed by atoms with Crippen LogP contribution in [0.3, 0.4) is 0 Å². The molecule has 0 N–H and O–H groups in total. The van der Waals surface area contributed by atoms with E-state index in [1.807, 2.05) is 0 Å². The Bertz CT molecular complexity index is 3380. The van der Waals surface area contributed by atoms with Gasteiger partial charge in [-0.2, -0.15) is 0 Å². The fraction of sp³-hybridized carbons (Fsp3) is 0.0159. The lowest BCUT2D eigenvalue weighted by Gasteiger charge is -2.35. The predicted octanol–water partition coefficient (Wildman–Crippen LogP) is 16.8. The molecule has 1 aliphatic carbocycles. The number of fused-ring (bicyclic) bond motifs is 5. The molecular formula is C63H43N. The smallest absolute Gasteiger partial charge is 0.0714 e. The maximum Gasteiger partial charge on any atom is 0.0714 e. The van der Waals surface area contributed by atoms with Crippen molar-refractivity contribution in [2.45, 2.75) is 5.41 Å². The van der Waals surface area contributed by atoms with Gasteiger partial charge in [-0.1, -0.05) is 212 Å². The summed E-state index contributed by atoms with van der Waals surface area (Å²) in [4.78, 5) is 2.38. The Labute approximate surface area is 374 Å². The molecule has 300 valence electrons. The van der Waals surface area contributed by atoms with Crippen LogP contribution in [0.1, 0.15) is 22.3 Å². The highest BCUT2D eigenvalue weighted by Gasteiger charge is 2.46. The molecule has 0 fully saturated rings. The van der Waals surface area contributed by atoms with E-state index in [4.69, 9.17) is 0 Å². The second kappa shape index (κ2) is 15.6. The van der Waals surface area contributed by atoms with Gasteiger partial charge in [0.2, 0.25) is 0 Å². The third-order valence-corrected chi connectivity index (χ3v) is 13.3. The van der Waals surface area contributed by atoms with Gasteiger partial charge in [-0.15, -0.1) is 0 Å². The average Bonchev–Trinajstić information content (AvgIpc) is 3.67. The largest absolute Gasteiger partial charge is 0.310 e. The van der Waals surface area contributed by atoms with E-state index >= 15 is 0 Å². The second-order valence-corrected chi connectivity index (χ2v) is 16.8. The first-order valence-corrected chi connectivity index (χ1v) is 22.2. The standard InChI is InChI=1S/C63H43N/c1-7-21-44(22-8-1)61-55-33-19-20-34-56(55)62(45-23-9-2-10-24-45)58-41-46(36-39-57(58)61)47-35-38-53-54-40-37-52(64(50-29-15-5-16-30-50)51-31-17-6-18-32-51)43-60(54)63(59(53)42-47,48-25-11-3-12-26-48)49-27-13-4-14-28-49/h1-43H. The molecule has 11 aromatic rings. The SMILES string of the molecule is c1ccc(-c2c3ccccc3c(-c3ccccc3)c3cc(-c4ccc5c(c4)C(c4ccccc4)(c4ccccc4)c4cc(N(c6ccccc6)c6ccccc6)ccc4-5)ccc23)cc1. The molecule has 1 nitrogen and oxygen atoms in total. The van der Waals surface area contributed by atoms with E-state index in [0.717, 1.165) is 17.1 Å². The van der Waals surface area contributed by atoms with Crippen LogP contribution in [0.2, 0.25) is 0 Å². The Morgan fingerprint density at radius 2 is 0.641 bits per heavy atom. The lowest BCUT2D eigenvalue weighted by Crippen LogP contribution is -2.28. The molecule has 11 aromatic carbocycles. The minimum absolute atomic E-state index is 0.596. The fourth-order valence-corrected chi connectivity index (χ4v) is 10.6. The molecule has 0 amide bonds. The van der Waals surface area contributed by atoms with Crippen molar-refractivity contribution in [3.8, 4) is 44.5 Å². The lowest BCUT2D eigenvalue weighted by molar-refractivity contribution is 0.768. The van der Waals surface area contributed by atoms with E-state index in [2.05, 4.69) is 266 Å². The summed E-state index contributed by atoms with van der Waals surface area (Å²) < 4.78 is 0. The summed E-state index contributed by atoms with van der Waals surface area (Å²) in [6.07, 6.45) is 0. The first kappa shape index (κ1) is 37.5. The van der Waals surface area contributed by atoms with Gasteiger partial charge in [0.05, 0.1) is 5.41 Å². The third-order valence-electron chi connectivity index (χ3n) is 13.3. The van der Waals surface area contributed by atoms with Gasteiger partial charge < -0.3 is 4.90 Å². The van der Waals surface area contributed by atoms with Crippen LogP contribution in [-0.2, 0) is 5.41 Å². The summed E-state index contributed by atoms with van der Waals surface area (Å²) >= 11 is 0. The molecule has 0 aromatic heterocycles. The van der Waals surface area contributed by atoms with Crippen LogP contribution < -0.4 is 4.90 Å². The van der Waals surface area contributed by atoms with Gasteiger partial charge >= 0.3 is 0 Å². The van der Waals surface area contributed by atoms with Gasteiger partial charge in [0.25, 0.3) is 0 Å². The first-order valence-electron chi connectivity index (χ1n) is 22.2. The molecule has 0 bridgehead atoms. The van der Waals surface area contributed by atoms with E-state index in [1.54, 1.807) is 0 Å². The molecule has 0 heterocycles. The van der Waals surface area contributed by atoms with E-state index in [0.29, 0.717) is 0 Å². The van der Waals surface area contributed by atoms with Crippen LogP contribution in [0.15, 0.2) is 261 Å². The third kappa shape index (κ3) is 6.01. The normalized spacial score (nSPS) is 12.5. The fourth-order valence-electron chi connectivity index (χ4n) is 10.6. The summed E-state index contributed by atoms with van der Waals surface area (Å²) in [5.41, 5.74) is 17.6. The summed E-state index contributed by atoms with van der Waals surface area (Å²) in [5, 5.41) is 5.01. The van der Waals surface area contributed by atoms with Crippen molar-refractivity contribution in [2.24, 2.45) is 0 Å². The number of rotatable bonds is 8. The Morgan fingerprint density at radius 1 is 0.250 bits per heavy atom. The van der Waals surface area contributed by atoms with Gasteiger partial charge in [0.1, 0.15) is 0 Å². The Kier molecular flexibility index (Phi) is 9.13. The summed E-state index contributed by atoms with van der Waals surface area (Å²) in [7, 11) is 0. The summed E-state index contributed by atoms with van der Waals surface area (Å²) in [5.74, 6) is 0. The lowest BCUT2D eigenvalue weighted by atomic mass is 9.67. The predicted molar refractivity (Wildman–Crippen MR) is 270 cm³/mol. The number of nitrogens with zero attached hydrogens (tertiary/aromatic N) is 1. The molecule has 0 atom stereocenters. The molecule has 64 heavy (non-hydrogen) atoms. The van der Waals surface area contributed by atoms with Gasteiger partial charge in [-0.3, -0.25) is 0 Å². The molecule has 1 heteroatoms. The van der Waals surface area contributed by atoms with E-state index in [1.165, 1.54) is 88.3 Å². The van der Waals surface area contributed by atoms with Crippen LogP contribution in [0, 0.1) is 0 Å². The highest BCUT2D eigenvalue weighted by atomic mass is 15.1. The second-order valence-electron chi connectivity index (χ2n) is 16.8. The van der Waals surface area contributed by atoms with Crippen molar-refractivity contribution < 1.29 is 0 Å². The van der Waals surface area contributed by atoms with Crippen molar-refractivity contribution in [3.63, 3.8) is 0 Å². The first-order chi connectivity index (χ1) is 31.8. The molecule has 0 saturated heterocycles. The maximum atomic E-state index is 2.49. The van der Waals surface area contributed by atoms with E-state index < -0.39 is 5.41 Å². The zero-order valence-corrected chi connectivity index (χ0v) is 35.3. The van der Waals surface area contributed by atoms with Crippen LogP contribution >= 0.6 is 0 Å². The molecule has 0 aliphatic heterocycles. The van der Waals surface area contributed by atoms with Crippen molar-refractivity contribution in [1.29, 1.82) is 0 Å². The van der Waals surface area contributed by atoms with E-state index in [-0.39, 0.29) is 0 Å². The van der Waals surface area contributed by atoms with Crippen molar-refractivity contribution >= 4 is 38.6 Å². The topological polar surface area (TPSA) is 3.24 Å². The number of para-hydroxylation sites is 2. The number of anilines is 3. The average molecular weight is 814 g/mol. The van der Waals surface area contributed by atoms with Crippen molar-refractivity contribution in [1.82, 2.24) is 0 Å². The summed E-state index contributed by atoms with van der Waals surface area (Å²) in [6, 6.07) is 95.9. The maximum absolute atomic E-state index is 2.49. The highest BCUT2D eigenvalue weighted by molar-refractivity contribution is 6.22. The zero-order chi connectivity index (χ0) is 42.5. The van der Waals surface area contributed by atoms with Crippen LogP contribution in [0.4, 0.5) is 17.1 Å². The molecular weight excluding hydrogens is 771 g/mol. The van der Waals surface area contributed by atoms with Crippen LogP contribution in [-0.4, -0.2) is 0 Å². The number of hydrogen-bond donors (Lipinski definition) is 0. The van der Waals surface area contributed by atoms with Crippen molar-refractivity contribution in [2.75, 3.05) is 4.90 Å². The van der Waals surface area contributed by atoms with Crippen LogP contribution in [0.25, 0.3) is 66.1 Å². The minimum Gasteiger partial charge on any atom is -0.310 e. The monoisotopic (exact) mass is 813 g/mol. The Hall–Kier alpha value is -8.26. The number of benzene rings is 11. The van der Waals surface area contributed by atoms with E-state index in [9.17, 15) is 0 Å². The molecule has 1 aliphatic rings. The van der Waals surface area contributed by atoms with Gasteiger partial charge in [-0.05, 0) is 137 Å². The molecule has 0 unspecified atom stereocenters. The van der Waals surface area contributed by atoms with Crippen LogP contribution in [0.5, 0.6) is 0 Å². The van der Waals surface area contributed by atoms with Gasteiger partial charge in [0, 0.05) is 17.1 Å². The Morgan fingerprint density at radius 3 is 1.17 bits per heavy atom. The van der Waals surface area contributed by atoms with Gasteiger partial charge in [0.15, 0.2) is 0 Å². The number of hydrogen-bond acceptors (Lipinski definition) is 1. The highest BCUT2D eigenvalue weighted by Crippen LogP contribution is 2.58. The molecule has 0 saturated carbocycles. The molecule has 0 spiro atoms. The summed E-state index contributed by atoms with van der Waals surface area (Å²) in [6.45, 7) is 0. The minimum atomic E-state index is -0.596. The molecule has 0 radical (unpaired) electrons. The zero-order valence-electron chi connectivity index (χ0n) is 35.3. The quantitative estimate of drug-likeness (QED) is 0.138. The van der Waals surface area contributed by atoms with Crippen molar-refractivity contribution in [3.05, 3.63) is 283 Å². The van der Waals surface area contributed by atoms with Gasteiger partial charge in [-0.25, -0.2) is 0 Å².